The minimum atomic E-state index is -4.54. The topological polar surface area (TPSA) is 111 Å². The van der Waals surface area contributed by atoms with Crippen LogP contribution in [0.3, 0.4) is 0 Å². The summed E-state index contributed by atoms with van der Waals surface area (Å²) in [6.45, 7) is -0.412. The summed E-state index contributed by atoms with van der Waals surface area (Å²) in [5.41, 5.74) is -1.15. The molecule has 2 aromatic heterocycles. The maximum atomic E-state index is 12.9. The number of nitrogens with one attached hydrogen (secondary N) is 2. The summed E-state index contributed by atoms with van der Waals surface area (Å²) in [6, 6.07) is 13.5. The van der Waals surface area contributed by atoms with Gasteiger partial charge in [0.25, 0.3) is 5.91 Å². The Bertz CT molecular complexity index is 1400. The van der Waals surface area contributed by atoms with Crippen molar-refractivity contribution in [3.05, 3.63) is 87.7 Å². The van der Waals surface area contributed by atoms with Crippen molar-refractivity contribution in [3.63, 3.8) is 0 Å². The number of amides is 2. The Kier molecular flexibility index (Phi) is 6.27. The van der Waals surface area contributed by atoms with E-state index in [1.165, 1.54) is 47.7 Å². The minimum absolute atomic E-state index is 0.0255. The van der Waals surface area contributed by atoms with Gasteiger partial charge < -0.3 is 10.6 Å². The van der Waals surface area contributed by atoms with E-state index in [4.69, 9.17) is 0 Å². The van der Waals surface area contributed by atoms with Gasteiger partial charge in [0, 0.05) is 16.9 Å². The van der Waals surface area contributed by atoms with E-state index in [9.17, 15) is 27.6 Å². The van der Waals surface area contributed by atoms with E-state index in [1.54, 1.807) is 17.5 Å². The van der Waals surface area contributed by atoms with Gasteiger partial charge in [-0.2, -0.15) is 22.5 Å². The van der Waals surface area contributed by atoms with Crippen LogP contribution in [0.4, 0.5) is 24.5 Å². The molecule has 9 nitrogen and oxygen atoms in total. The first-order valence-electron chi connectivity index (χ1n) is 9.66. The fraction of sp³-hybridized carbons (Fsp3) is 0.0952. The van der Waals surface area contributed by atoms with Crippen LogP contribution in [0.2, 0.25) is 0 Å². The van der Waals surface area contributed by atoms with Gasteiger partial charge in [-0.25, -0.2) is 4.79 Å². The molecule has 13 heteroatoms. The second kappa shape index (κ2) is 9.31. The highest BCUT2D eigenvalue weighted by Crippen LogP contribution is 2.30. The SMILES string of the molecule is O=C(Cn1nnn(-c2cccs2)c1=O)Nc1cccc(C(=O)Nc2cccc(C(F)(F)F)c2)c1. The molecule has 0 fully saturated rings. The van der Waals surface area contributed by atoms with E-state index in [2.05, 4.69) is 21.1 Å². The number of carbonyl (C=O) groups excluding carboxylic acids is 2. The molecule has 0 unspecified atom stereocenters. The first kappa shape index (κ1) is 22.9. The van der Waals surface area contributed by atoms with E-state index < -0.39 is 35.8 Å². The van der Waals surface area contributed by atoms with Gasteiger partial charge in [-0.1, -0.05) is 12.1 Å². The number of halogens is 3. The summed E-state index contributed by atoms with van der Waals surface area (Å²) in [7, 11) is 0. The van der Waals surface area contributed by atoms with Crippen LogP contribution >= 0.6 is 11.3 Å². The Morgan fingerprint density at radius 1 is 0.941 bits per heavy atom. The number of nitrogens with zero attached hydrogens (tertiary/aromatic N) is 4. The van der Waals surface area contributed by atoms with Crippen molar-refractivity contribution in [2.45, 2.75) is 12.7 Å². The zero-order chi connectivity index (χ0) is 24.3. The maximum absolute atomic E-state index is 12.9. The Labute approximate surface area is 193 Å². The quantitative estimate of drug-likeness (QED) is 0.432. The third-order valence-corrected chi connectivity index (χ3v) is 5.35. The molecule has 0 aliphatic rings. The fourth-order valence-corrected chi connectivity index (χ4v) is 3.62. The number of carbonyl (C=O) groups is 2. The van der Waals surface area contributed by atoms with Crippen molar-refractivity contribution in [2.24, 2.45) is 0 Å². The highest BCUT2D eigenvalue weighted by molar-refractivity contribution is 7.12. The third kappa shape index (κ3) is 5.20. The molecule has 0 saturated carbocycles. The highest BCUT2D eigenvalue weighted by atomic mass is 32.1. The summed E-state index contributed by atoms with van der Waals surface area (Å²) in [5, 5.41) is 14.7. The van der Waals surface area contributed by atoms with Gasteiger partial charge in [0.05, 0.1) is 5.56 Å². The van der Waals surface area contributed by atoms with Crippen LogP contribution in [0.5, 0.6) is 0 Å². The molecular weight excluding hydrogens is 473 g/mol. The van der Waals surface area contributed by atoms with Crippen LogP contribution in [0.15, 0.2) is 70.8 Å². The van der Waals surface area contributed by atoms with Gasteiger partial charge in [0.15, 0.2) is 0 Å². The van der Waals surface area contributed by atoms with Crippen LogP contribution in [-0.2, 0) is 17.5 Å². The number of hydrogen-bond acceptors (Lipinski definition) is 6. The van der Waals surface area contributed by atoms with Crippen LogP contribution in [0.25, 0.3) is 5.00 Å². The van der Waals surface area contributed by atoms with Crippen LogP contribution in [0, 0.1) is 0 Å². The van der Waals surface area contributed by atoms with E-state index in [-0.39, 0.29) is 16.9 Å². The molecule has 2 aromatic carbocycles. The molecule has 2 heterocycles. The van der Waals surface area contributed by atoms with Crippen LogP contribution in [0.1, 0.15) is 15.9 Å². The molecule has 4 rings (SSSR count). The summed E-state index contributed by atoms with van der Waals surface area (Å²) >= 11 is 1.28. The van der Waals surface area contributed by atoms with Gasteiger partial charge in [0.1, 0.15) is 11.5 Å². The van der Waals surface area contributed by atoms with Crippen molar-refractivity contribution in [2.75, 3.05) is 10.6 Å². The van der Waals surface area contributed by atoms with E-state index >= 15 is 0 Å². The number of aromatic nitrogens is 4. The van der Waals surface area contributed by atoms with Crippen molar-refractivity contribution in [1.82, 2.24) is 19.8 Å². The lowest BCUT2D eigenvalue weighted by atomic mass is 10.1. The van der Waals surface area contributed by atoms with Gasteiger partial charge in [-0.05, 0) is 64.3 Å². The number of anilines is 2. The molecule has 0 atom stereocenters. The van der Waals surface area contributed by atoms with Crippen LogP contribution in [-0.4, -0.2) is 31.6 Å². The van der Waals surface area contributed by atoms with E-state index in [1.807, 2.05) is 0 Å². The molecule has 4 aromatic rings. The monoisotopic (exact) mass is 488 g/mol. The van der Waals surface area contributed by atoms with E-state index in [0.717, 1.165) is 21.5 Å². The molecule has 2 N–H and O–H groups in total. The van der Waals surface area contributed by atoms with Gasteiger partial charge >= 0.3 is 11.9 Å². The number of rotatable bonds is 6. The number of alkyl halides is 3. The summed E-state index contributed by atoms with van der Waals surface area (Å²) in [4.78, 5) is 37.2. The lowest BCUT2D eigenvalue weighted by Gasteiger charge is -2.11. The number of thiophene rings is 1. The second-order valence-corrected chi connectivity index (χ2v) is 7.87. The van der Waals surface area contributed by atoms with Crippen molar-refractivity contribution >= 4 is 34.5 Å². The molecule has 0 spiro atoms. The lowest BCUT2D eigenvalue weighted by Crippen LogP contribution is -2.29. The van der Waals surface area contributed by atoms with E-state index in [0.29, 0.717) is 5.00 Å². The molecular formula is C21H15F3N6O3S. The van der Waals surface area contributed by atoms with Crippen molar-refractivity contribution in [1.29, 1.82) is 0 Å². The summed E-state index contributed by atoms with van der Waals surface area (Å²) in [5.74, 6) is -1.25. The number of tetrazole rings is 1. The molecule has 0 aliphatic carbocycles. The second-order valence-electron chi connectivity index (χ2n) is 6.94. The molecule has 0 saturated heterocycles. The summed E-state index contributed by atoms with van der Waals surface area (Å²) in [6.07, 6.45) is -4.54. The number of hydrogen-bond donors (Lipinski definition) is 2. The average Bonchev–Trinajstić information content (AvgIpc) is 3.44. The van der Waals surface area contributed by atoms with Crippen molar-refractivity contribution < 1.29 is 22.8 Å². The van der Waals surface area contributed by atoms with Gasteiger partial charge in [-0.3, -0.25) is 9.59 Å². The zero-order valence-corrected chi connectivity index (χ0v) is 17.9. The Hall–Kier alpha value is -4.26. The lowest BCUT2D eigenvalue weighted by molar-refractivity contribution is -0.137. The van der Waals surface area contributed by atoms with Gasteiger partial charge in [0.2, 0.25) is 5.91 Å². The fourth-order valence-electron chi connectivity index (χ4n) is 2.95. The first-order valence-corrected chi connectivity index (χ1v) is 10.5. The van der Waals surface area contributed by atoms with Crippen LogP contribution < -0.4 is 16.3 Å². The Balaban J connectivity index is 1.42. The number of benzene rings is 2. The molecule has 0 radical (unpaired) electrons. The Morgan fingerprint density at radius 2 is 1.68 bits per heavy atom. The predicted octanol–water partition coefficient (Wildman–Crippen LogP) is 3.40. The zero-order valence-electron chi connectivity index (χ0n) is 17.1. The predicted molar refractivity (Wildman–Crippen MR) is 118 cm³/mol. The third-order valence-electron chi connectivity index (χ3n) is 4.50. The molecule has 0 bridgehead atoms. The Morgan fingerprint density at radius 3 is 2.38 bits per heavy atom. The normalized spacial score (nSPS) is 11.3. The molecule has 0 aliphatic heterocycles. The van der Waals surface area contributed by atoms with Gasteiger partial charge in [-0.15, -0.1) is 11.3 Å². The highest BCUT2D eigenvalue weighted by Gasteiger charge is 2.30. The van der Waals surface area contributed by atoms with Crippen molar-refractivity contribution in [3.8, 4) is 5.00 Å². The first-order chi connectivity index (χ1) is 16.2. The standard InChI is InChI=1S/C21H15F3N6O3S/c22-21(23,24)14-5-2-7-16(11-14)26-19(32)13-4-1-6-15(10-13)25-17(31)12-29-20(33)30(28-27-29)18-8-3-9-34-18/h1-11H,12H2,(H,25,31)(H,26,32). The smallest absolute Gasteiger partial charge is 0.324 e. The summed E-state index contributed by atoms with van der Waals surface area (Å²) < 4.78 is 40.6. The maximum Gasteiger partial charge on any atom is 0.416 e. The molecule has 2 amide bonds. The minimum Gasteiger partial charge on any atom is -0.324 e. The molecule has 174 valence electrons. The molecule has 34 heavy (non-hydrogen) atoms. The largest absolute Gasteiger partial charge is 0.416 e. The average molecular weight is 488 g/mol.